The molecule has 2 aromatic rings. The van der Waals surface area contributed by atoms with Crippen molar-refractivity contribution in [3.8, 4) is 17.6 Å². The molecule has 1 amide bonds. The Balaban J connectivity index is 1.82. The van der Waals surface area contributed by atoms with Crippen molar-refractivity contribution < 1.29 is 14.3 Å². The van der Waals surface area contributed by atoms with Crippen molar-refractivity contribution in [2.75, 3.05) is 13.2 Å². The van der Waals surface area contributed by atoms with Gasteiger partial charge in [-0.25, -0.2) is 0 Å². The molecule has 1 aliphatic rings. The molecule has 0 unspecified atom stereocenters. The van der Waals surface area contributed by atoms with E-state index in [1.54, 1.807) is 18.2 Å². The molecular formula is C22H21N3O3S. The second-order valence-corrected chi connectivity index (χ2v) is 6.62. The largest absolute Gasteiger partial charge is 0.490 e. The third-order valence-electron chi connectivity index (χ3n) is 4.38. The molecule has 0 spiro atoms. The zero-order valence-corrected chi connectivity index (χ0v) is 17.1. The number of carbonyl (C=O) groups excluding carboxylic acids is 1. The lowest BCUT2D eigenvalue weighted by atomic mass is 10.1. The van der Waals surface area contributed by atoms with Crippen LogP contribution in [0.5, 0.6) is 11.5 Å². The Morgan fingerprint density at radius 3 is 2.66 bits per heavy atom. The second kappa shape index (κ2) is 9.22. The number of thiocarbonyl (C=S) groups is 1. The number of rotatable bonds is 7. The van der Waals surface area contributed by atoms with Crippen LogP contribution in [0.2, 0.25) is 0 Å². The van der Waals surface area contributed by atoms with Crippen LogP contribution >= 0.6 is 12.2 Å². The van der Waals surface area contributed by atoms with Gasteiger partial charge in [-0.3, -0.25) is 9.69 Å². The minimum absolute atomic E-state index is 0.149. The molecule has 1 aliphatic heterocycles. The van der Waals surface area contributed by atoms with Crippen molar-refractivity contribution in [1.82, 2.24) is 10.2 Å². The van der Waals surface area contributed by atoms with Gasteiger partial charge < -0.3 is 14.8 Å². The summed E-state index contributed by atoms with van der Waals surface area (Å²) in [5.74, 6) is 0.985. The van der Waals surface area contributed by atoms with Gasteiger partial charge in [-0.15, -0.1) is 0 Å². The highest BCUT2D eigenvalue weighted by molar-refractivity contribution is 7.80. The van der Waals surface area contributed by atoms with Crippen molar-refractivity contribution >= 4 is 29.3 Å². The van der Waals surface area contributed by atoms with E-state index < -0.39 is 0 Å². The Morgan fingerprint density at radius 2 is 1.97 bits per heavy atom. The molecule has 3 rings (SSSR count). The van der Waals surface area contributed by atoms with Crippen molar-refractivity contribution in [3.63, 3.8) is 0 Å². The van der Waals surface area contributed by atoms with E-state index in [0.29, 0.717) is 41.0 Å². The molecule has 0 saturated carbocycles. The highest BCUT2D eigenvalue weighted by Crippen LogP contribution is 2.30. The lowest BCUT2D eigenvalue weighted by molar-refractivity contribution is -0.122. The maximum Gasteiger partial charge on any atom is 0.276 e. The number of nitrogens with one attached hydrogen (secondary N) is 1. The van der Waals surface area contributed by atoms with E-state index in [0.717, 1.165) is 11.1 Å². The van der Waals surface area contributed by atoms with Gasteiger partial charge in [0.1, 0.15) is 12.3 Å². The zero-order valence-electron chi connectivity index (χ0n) is 16.3. The fraction of sp³-hybridized carbons (Fsp3) is 0.227. The first-order valence-corrected chi connectivity index (χ1v) is 9.70. The SMILES string of the molecule is CCOc1cc(/C=C2\NC(=S)N(CC)C2=O)ccc1OCc1ccccc1C#N. The summed E-state index contributed by atoms with van der Waals surface area (Å²) in [6, 6.07) is 14.9. The van der Waals surface area contributed by atoms with Gasteiger partial charge in [-0.05, 0) is 55.9 Å². The quantitative estimate of drug-likeness (QED) is 0.558. The number of carbonyl (C=O) groups is 1. The molecule has 29 heavy (non-hydrogen) atoms. The van der Waals surface area contributed by atoms with Gasteiger partial charge in [-0.2, -0.15) is 5.26 Å². The molecule has 2 aromatic carbocycles. The van der Waals surface area contributed by atoms with Gasteiger partial charge in [0, 0.05) is 12.1 Å². The number of amides is 1. The molecule has 0 aromatic heterocycles. The number of nitrogens with zero attached hydrogens (tertiary/aromatic N) is 2. The van der Waals surface area contributed by atoms with E-state index >= 15 is 0 Å². The fourth-order valence-corrected chi connectivity index (χ4v) is 3.26. The van der Waals surface area contributed by atoms with Gasteiger partial charge in [-0.1, -0.05) is 24.3 Å². The van der Waals surface area contributed by atoms with Crippen molar-refractivity contribution in [1.29, 1.82) is 5.26 Å². The first-order valence-electron chi connectivity index (χ1n) is 9.29. The topological polar surface area (TPSA) is 74.6 Å². The first-order chi connectivity index (χ1) is 14.1. The summed E-state index contributed by atoms with van der Waals surface area (Å²) in [6.45, 7) is 5.00. The Hall–Kier alpha value is -3.37. The number of benzene rings is 2. The highest BCUT2D eigenvalue weighted by Gasteiger charge is 2.29. The molecule has 0 aliphatic carbocycles. The molecule has 0 atom stereocenters. The highest BCUT2D eigenvalue weighted by atomic mass is 32.1. The number of hydrogen-bond donors (Lipinski definition) is 1. The minimum atomic E-state index is -0.149. The monoisotopic (exact) mass is 407 g/mol. The van der Waals surface area contributed by atoms with E-state index in [1.165, 1.54) is 4.90 Å². The Labute approximate surface area is 175 Å². The van der Waals surface area contributed by atoms with Crippen molar-refractivity contribution in [2.24, 2.45) is 0 Å². The summed E-state index contributed by atoms with van der Waals surface area (Å²) in [4.78, 5) is 13.9. The van der Waals surface area contributed by atoms with Crippen LogP contribution in [0.3, 0.4) is 0 Å². The predicted molar refractivity (Wildman–Crippen MR) is 114 cm³/mol. The molecule has 7 heteroatoms. The summed E-state index contributed by atoms with van der Waals surface area (Å²) >= 11 is 5.19. The average molecular weight is 407 g/mol. The number of likely N-dealkylation sites (N-methyl/N-ethyl adjacent to an activating group) is 1. The summed E-state index contributed by atoms with van der Waals surface area (Å²) in [5, 5.41) is 12.6. The van der Waals surface area contributed by atoms with Gasteiger partial charge in [0.15, 0.2) is 16.6 Å². The van der Waals surface area contributed by atoms with Gasteiger partial charge >= 0.3 is 0 Å². The van der Waals surface area contributed by atoms with Gasteiger partial charge in [0.05, 0.1) is 18.2 Å². The van der Waals surface area contributed by atoms with Crippen LogP contribution < -0.4 is 14.8 Å². The predicted octanol–water partition coefficient (Wildman–Crippen LogP) is 3.61. The Bertz CT molecular complexity index is 1010. The van der Waals surface area contributed by atoms with E-state index in [-0.39, 0.29) is 12.5 Å². The smallest absolute Gasteiger partial charge is 0.276 e. The van der Waals surface area contributed by atoms with Crippen molar-refractivity contribution in [2.45, 2.75) is 20.5 Å². The molecule has 1 fully saturated rings. The first kappa shape index (κ1) is 20.4. The molecule has 1 saturated heterocycles. The molecule has 6 nitrogen and oxygen atoms in total. The second-order valence-electron chi connectivity index (χ2n) is 6.23. The maximum absolute atomic E-state index is 12.4. The van der Waals surface area contributed by atoms with Crippen LogP contribution in [-0.2, 0) is 11.4 Å². The number of ether oxygens (including phenoxy) is 2. The lowest BCUT2D eigenvalue weighted by Crippen LogP contribution is -2.30. The van der Waals surface area contributed by atoms with Crippen LogP contribution in [0, 0.1) is 11.3 Å². The summed E-state index contributed by atoms with van der Waals surface area (Å²) in [5.41, 5.74) is 2.59. The zero-order chi connectivity index (χ0) is 20.8. The molecule has 0 radical (unpaired) electrons. The van der Waals surface area contributed by atoms with E-state index in [1.807, 2.05) is 44.2 Å². The normalized spacial score (nSPS) is 14.7. The molecule has 148 valence electrons. The van der Waals surface area contributed by atoms with Crippen molar-refractivity contribution in [3.05, 3.63) is 64.9 Å². The average Bonchev–Trinajstić information content (AvgIpc) is 3.00. The molecule has 1 heterocycles. The fourth-order valence-electron chi connectivity index (χ4n) is 2.94. The molecule has 0 bridgehead atoms. The lowest BCUT2D eigenvalue weighted by Gasteiger charge is -2.13. The summed E-state index contributed by atoms with van der Waals surface area (Å²) < 4.78 is 11.6. The Kier molecular flexibility index (Phi) is 6.47. The third-order valence-corrected chi connectivity index (χ3v) is 4.70. The van der Waals surface area contributed by atoms with Gasteiger partial charge in [0.25, 0.3) is 5.91 Å². The van der Waals surface area contributed by atoms with Crippen LogP contribution in [0.15, 0.2) is 48.2 Å². The summed E-state index contributed by atoms with van der Waals surface area (Å²) in [6.07, 6.45) is 1.74. The molecule has 1 N–H and O–H groups in total. The number of hydrogen-bond acceptors (Lipinski definition) is 5. The summed E-state index contributed by atoms with van der Waals surface area (Å²) in [7, 11) is 0. The number of nitriles is 1. The third kappa shape index (κ3) is 4.55. The minimum Gasteiger partial charge on any atom is -0.490 e. The Morgan fingerprint density at radius 1 is 1.17 bits per heavy atom. The van der Waals surface area contributed by atoms with Crippen LogP contribution in [-0.4, -0.2) is 29.1 Å². The molecular weight excluding hydrogens is 386 g/mol. The van der Waals surface area contributed by atoms with Crippen LogP contribution in [0.4, 0.5) is 0 Å². The van der Waals surface area contributed by atoms with Crippen LogP contribution in [0.25, 0.3) is 6.08 Å². The maximum atomic E-state index is 12.4. The van der Waals surface area contributed by atoms with E-state index in [9.17, 15) is 10.1 Å². The van der Waals surface area contributed by atoms with E-state index in [2.05, 4.69) is 11.4 Å². The van der Waals surface area contributed by atoms with Crippen LogP contribution in [0.1, 0.15) is 30.5 Å². The van der Waals surface area contributed by atoms with E-state index in [4.69, 9.17) is 21.7 Å². The van der Waals surface area contributed by atoms with Gasteiger partial charge in [0.2, 0.25) is 0 Å². The standard InChI is InChI=1S/C22H21N3O3S/c1-3-25-21(26)18(24-22(25)29)11-15-9-10-19(20(12-15)27-4-2)28-14-17-8-6-5-7-16(17)13-23/h5-12H,3-4,14H2,1-2H3,(H,24,29)/b18-11-.